The van der Waals surface area contributed by atoms with Gasteiger partial charge in [0.1, 0.15) is 5.82 Å². The van der Waals surface area contributed by atoms with E-state index in [0.717, 1.165) is 68.0 Å². The van der Waals surface area contributed by atoms with Crippen molar-refractivity contribution in [1.82, 2.24) is 20.1 Å². The predicted octanol–water partition coefficient (Wildman–Crippen LogP) is 5.52. The topological polar surface area (TPSA) is 95.2 Å². The van der Waals surface area contributed by atoms with E-state index in [2.05, 4.69) is 63.6 Å². The molecule has 0 atom stereocenters. The van der Waals surface area contributed by atoms with Crippen molar-refractivity contribution in [2.24, 2.45) is 0 Å². The van der Waals surface area contributed by atoms with Crippen LogP contribution < -0.4 is 10.6 Å². The van der Waals surface area contributed by atoms with Crippen molar-refractivity contribution in [1.29, 1.82) is 0 Å². The van der Waals surface area contributed by atoms with Crippen LogP contribution >= 0.6 is 0 Å². The minimum absolute atomic E-state index is 0.0209. The third kappa shape index (κ3) is 6.20. The largest absolute Gasteiger partial charge is 0.379 e. The van der Waals surface area contributed by atoms with Gasteiger partial charge in [-0.1, -0.05) is 26.8 Å². The number of aromatic amines is 1. The van der Waals surface area contributed by atoms with Crippen molar-refractivity contribution in [3.05, 3.63) is 77.6 Å². The molecule has 198 valence electrons. The zero-order valence-corrected chi connectivity index (χ0v) is 22.4. The summed E-state index contributed by atoms with van der Waals surface area (Å²) in [5.74, 6) is 0.298. The van der Waals surface area contributed by atoms with Crippen LogP contribution in [0.25, 0.3) is 10.9 Å². The summed E-state index contributed by atoms with van der Waals surface area (Å²) in [4.78, 5) is 20.3. The van der Waals surface area contributed by atoms with Gasteiger partial charge >= 0.3 is 0 Å². The summed E-state index contributed by atoms with van der Waals surface area (Å²) in [5.41, 5.74) is 5.62. The Bertz CT molecular complexity index is 1400. The third-order valence-electron chi connectivity index (χ3n) is 6.95. The Balaban J connectivity index is 1.31. The molecule has 1 amide bonds. The maximum atomic E-state index is 13.4. The van der Waals surface area contributed by atoms with Gasteiger partial charge in [-0.2, -0.15) is 5.10 Å². The molecule has 0 saturated carbocycles. The number of hydrogen-bond acceptors (Lipinski definition) is 6. The molecule has 0 unspecified atom stereocenters. The molecule has 1 aliphatic rings. The number of hydrogen-bond donors (Lipinski definition) is 3. The molecule has 1 aliphatic heterocycles. The number of rotatable bonds is 8. The number of fused-ring (bicyclic) bond motifs is 1. The Labute approximate surface area is 223 Å². The van der Waals surface area contributed by atoms with Crippen LogP contribution in [-0.4, -0.2) is 58.8 Å². The Morgan fingerprint density at radius 3 is 2.71 bits per heavy atom. The van der Waals surface area contributed by atoms with Crippen LogP contribution in [0.15, 0.2) is 60.9 Å². The number of morpholine rings is 1. The summed E-state index contributed by atoms with van der Waals surface area (Å²) in [7, 11) is 0. The number of ether oxygens (including phenoxy) is 1. The number of pyridine rings is 1. The number of aryl methyl sites for hydroxylation is 1. The van der Waals surface area contributed by atoms with Gasteiger partial charge in [-0.05, 0) is 78.4 Å². The van der Waals surface area contributed by atoms with Gasteiger partial charge in [0.15, 0.2) is 0 Å². The molecule has 3 heterocycles. The van der Waals surface area contributed by atoms with Gasteiger partial charge in [-0.3, -0.25) is 14.8 Å². The van der Waals surface area contributed by atoms with Crippen molar-refractivity contribution >= 4 is 34.0 Å². The monoisotopic (exact) mass is 512 g/mol. The van der Waals surface area contributed by atoms with Crippen molar-refractivity contribution in [2.75, 3.05) is 43.5 Å². The second kappa shape index (κ2) is 11.3. The highest BCUT2D eigenvalue weighted by Crippen LogP contribution is 2.30. The molecule has 0 aliphatic carbocycles. The molecule has 5 rings (SSSR count). The Kier molecular flexibility index (Phi) is 7.72. The summed E-state index contributed by atoms with van der Waals surface area (Å²) < 4.78 is 5.48. The van der Waals surface area contributed by atoms with E-state index in [4.69, 9.17) is 4.74 Å². The van der Waals surface area contributed by atoms with Gasteiger partial charge in [-0.15, -0.1) is 0 Å². The van der Waals surface area contributed by atoms with Crippen LogP contribution in [0.1, 0.15) is 48.7 Å². The van der Waals surface area contributed by atoms with Crippen LogP contribution in [0.3, 0.4) is 0 Å². The van der Waals surface area contributed by atoms with E-state index in [0.29, 0.717) is 11.4 Å². The average Bonchev–Trinajstić information content (AvgIpc) is 3.37. The van der Waals surface area contributed by atoms with Gasteiger partial charge in [0.05, 0.1) is 30.5 Å². The highest BCUT2D eigenvalue weighted by molar-refractivity contribution is 6.08. The highest BCUT2D eigenvalue weighted by Gasteiger charge is 2.20. The van der Waals surface area contributed by atoms with E-state index in [1.54, 1.807) is 24.5 Å². The van der Waals surface area contributed by atoms with Crippen molar-refractivity contribution in [3.8, 4) is 0 Å². The van der Waals surface area contributed by atoms with E-state index in [1.165, 1.54) is 11.1 Å². The summed E-state index contributed by atoms with van der Waals surface area (Å²) in [5, 5.41) is 14.5. The number of nitrogens with one attached hydrogen (secondary N) is 3. The first-order valence-electron chi connectivity index (χ1n) is 13.3. The fraction of sp³-hybridized carbons (Fsp3) is 0.367. The normalized spacial score (nSPS) is 14.5. The lowest BCUT2D eigenvalue weighted by molar-refractivity contribution is 0.0374. The maximum absolute atomic E-state index is 13.4. The van der Waals surface area contributed by atoms with E-state index in [-0.39, 0.29) is 11.3 Å². The van der Waals surface area contributed by atoms with E-state index >= 15 is 0 Å². The lowest BCUT2D eigenvalue weighted by Gasteiger charge is -2.27. The summed E-state index contributed by atoms with van der Waals surface area (Å²) in [6.07, 6.45) is 5.49. The van der Waals surface area contributed by atoms with Gasteiger partial charge in [0.2, 0.25) is 0 Å². The van der Waals surface area contributed by atoms with E-state index in [1.807, 2.05) is 24.3 Å². The van der Waals surface area contributed by atoms with E-state index in [9.17, 15) is 4.79 Å². The summed E-state index contributed by atoms with van der Waals surface area (Å²) in [6, 6.07) is 15.7. The van der Waals surface area contributed by atoms with Gasteiger partial charge in [0, 0.05) is 36.0 Å². The highest BCUT2D eigenvalue weighted by atomic mass is 16.5. The molecule has 3 N–H and O–H groups in total. The molecular formula is C30H36N6O2. The quantitative estimate of drug-likeness (QED) is 0.288. The number of amides is 1. The first-order chi connectivity index (χ1) is 18.4. The van der Waals surface area contributed by atoms with E-state index < -0.39 is 0 Å². The third-order valence-corrected chi connectivity index (χ3v) is 6.95. The van der Waals surface area contributed by atoms with Crippen LogP contribution in [0, 0.1) is 0 Å². The number of carbonyl (C=O) groups excluding carboxylic acids is 1. The lowest BCUT2D eigenvalue weighted by Crippen LogP contribution is -2.37. The van der Waals surface area contributed by atoms with Crippen LogP contribution in [0.4, 0.5) is 17.2 Å². The second-order valence-corrected chi connectivity index (χ2v) is 10.8. The van der Waals surface area contributed by atoms with Gasteiger partial charge in [0.25, 0.3) is 5.91 Å². The van der Waals surface area contributed by atoms with Crippen molar-refractivity contribution in [3.63, 3.8) is 0 Å². The number of anilines is 3. The Morgan fingerprint density at radius 1 is 1.08 bits per heavy atom. The number of carbonyl (C=O) groups is 1. The Hall–Kier alpha value is -3.75. The first kappa shape index (κ1) is 25.9. The molecule has 8 heteroatoms. The summed E-state index contributed by atoms with van der Waals surface area (Å²) in [6.45, 7) is 11.4. The number of nitrogens with zero attached hydrogens (tertiary/aromatic N) is 3. The molecule has 2 aromatic carbocycles. The minimum atomic E-state index is -0.203. The van der Waals surface area contributed by atoms with Gasteiger partial charge in [-0.25, -0.2) is 4.98 Å². The van der Waals surface area contributed by atoms with Crippen molar-refractivity contribution < 1.29 is 9.53 Å². The molecule has 0 bridgehead atoms. The average molecular weight is 513 g/mol. The number of H-pyrrole nitrogens is 1. The molecule has 1 fully saturated rings. The molecule has 4 aromatic rings. The number of benzene rings is 2. The first-order valence-corrected chi connectivity index (χ1v) is 13.3. The zero-order chi connectivity index (χ0) is 26.5. The minimum Gasteiger partial charge on any atom is -0.379 e. The molecule has 8 nitrogen and oxygen atoms in total. The van der Waals surface area contributed by atoms with Crippen LogP contribution in [0.2, 0.25) is 0 Å². The van der Waals surface area contributed by atoms with Gasteiger partial charge < -0.3 is 15.4 Å². The molecule has 0 radical (unpaired) electrons. The lowest BCUT2D eigenvalue weighted by atomic mass is 9.82. The summed E-state index contributed by atoms with van der Waals surface area (Å²) >= 11 is 0. The zero-order valence-electron chi connectivity index (χ0n) is 22.4. The second-order valence-electron chi connectivity index (χ2n) is 10.8. The van der Waals surface area contributed by atoms with Crippen LogP contribution in [-0.2, 0) is 16.6 Å². The molecule has 0 spiro atoms. The smallest absolute Gasteiger partial charge is 0.259 e. The molecule has 1 saturated heterocycles. The maximum Gasteiger partial charge on any atom is 0.259 e. The predicted molar refractivity (Wildman–Crippen MR) is 152 cm³/mol. The Morgan fingerprint density at radius 2 is 1.89 bits per heavy atom. The van der Waals surface area contributed by atoms with Crippen molar-refractivity contribution in [2.45, 2.75) is 39.0 Å². The molecular weight excluding hydrogens is 476 g/mol. The van der Waals surface area contributed by atoms with Crippen LogP contribution in [0.5, 0.6) is 0 Å². The molecule has 38 heavy (non-hydrogen) atoms. The fourth-order valence-corrected chi connectivity index (χ4v) is 4.97. The standard InChI is InChI=1S/C30H36N6O2/c1-30(2,3)26-11-10-23(18-21(26)6-5-13-36-14-16-38-17-15-36)34-29(37)25-7-4-12-31-28(25)33-24-9-8-22-20-32-35-27(22)19-24/h4,7-12,18-20H,5-6,13-17H2,1-3H3,(H,31,33)(H,32,35)(H,34,37). The number of aromatic nitrogens is 3. The fourth-order valence-electron chi connectivity index (χ4n) is 4.97. The SMILES string of the molecule is CC(C)(C)c1ccc(NC(=O)c2cccnc2Nc2ccc3cn[nH]c3c2)cc1CCCN1CCOCC1. The molecule has 2 aromatic heterocycles.